The zero-order valence-electron chi connectivity index (χ0n) is 34.7. The van der Waals surface area contributed by atoms with E-state index in [1.54, 1.807) is 4.90 Å². The summed E-state index contributed by atoms with van der Waals surface area (Å²) in [4.78, 5) is 41.3. The van der Waals surface area contributed by atoms with Crippen LogP contribution in [-0.2, 0) is 19.1 Å². The van der Waals surface area contributed by atoms with Crippen LogP contribution in [0.15, 0.2) is 48.6 Å². The van der Waals surface area contributed by atoms with Gasteiger partial charge in [0.15, 0.2) is 0 Å². The minimum absolute atomic E-state index is 0.0821. The number of amides is 1. The molecule has 0 aromatic heterocycles. The van der Waals surface area contributed by atoms with Crippen LogP contribution in [0.3, 0.4) is 0 Å². The van der Waals surface area contributed by atoms with Crippen LogP contribution in [0.2, 0.25) is 0 Å². The molecule has 1 amide bonds. The van der Waals surface area contributed by atoms with Crippen molar-refractivity contribution in [2.75, 3.05) is 52.7 Å². The molecule has 0 aromatic rings. The summed E-state index contributed by atoms with van der Waals surface area (Å²) < 4.78 is 10.9. The predicted octanol–water partition coefficient (Wildman–Crippen LogP) is 12.4. The molecule has 0 rings (SSSR count). The molecular weight excluding hydrogens is 681 g/mol. The maximum Gasteiger partial charge on any atom is 0.305 e. The molecule has 0 bridgehead atoms. The maximum absolute atomic E-state index is 12.9. The van der Waals surface area contributed by atoms with E-state index in [1.165, 1.54) is 88.8 Å². The van der Waals surface area contributed by atoms with Gasteiger partial charge in [0, 0.05) is 25.1 Å². The molecular formula is C45H80N2O5S. The van der Waals surface area contributed by atoms with Crippen LogP contribution in [0.5, 0.6) is 0 Å². The average molecular weight is 761 g/mol. The molecule has 0 saturated heterocycles. The average Bonchev–Trinajstić information content (AvgIpc) is 3.14. The molecule has 0 fully saturated rings. The van der Waals surface area contributed by atoms with Crippen LogP contribution in [0.4, 0.5) is 4.79 Å². The Labute approximate surface area is 330 Å². The van der Waals surface area contributed by atoms with Gasteiger partial charge in [0.2, 0.25) is 0 Å². The fourth-order valence-electron chi connectivity index (χ4n) is 5.55. The third kappa shape index (κ3) is 39.2. The molecule has 0 aromatic carbocycles. The molecule has 0 aliphatic rings. The number of hydrogen-bond donors (Lipinski definition) is 0. The zero-order valence-corrected chi connectivity index (χ0v) is 35.5. The van der Waals surface area contributed by atoms with Crippen molar-refractivity contribution in [2.45, 2.75) is 168 Å². The van der Waals surface area contributed by atoms with E-state index >= 15 is 0 Å². The summed E-state index contributed by atoms with van der Waals surface area (Å²) in [5, 5.41) is -0.0821. The lowest BCUT2D eigenvalue weighted by atomic mass is 10.1. The Hall–Kier alpha value is -2.32. The molecule has 7 nitrogen and oxygen atoms in total. The monoisotopic (exact) mass is 761 g/mol. The van der Waals surface area contributed by atoms with Gasteiger partial charge < -0.3 is 19.3 Å². The molecule has 0 N–H and O–H groups in total. The summed E-state index contributed by atoms with van der Waals surface area (Å²) in [5.41, 5.74) is 0. The summed E-state index contributed by atoms with van der Waals surface area (Å²) in [6.45, 7) is 6.16. The standard InChI is InChI=1S/C45H80N2O5S/c1-5-7-9-11-13-15-17-19-21-23-25-27-29-31-33-35-43(48)51-40-37-47(45(50)53-42-39-46(3)4)38-41-52-44(49)36-34-32-30-28-26-24-22-20-18-16-14-12-10-8-6-2/h13-16,19-22H,5-12,17-18,23-42H2,1-4H3/b15-13-,16-14-,21-19-,22-20-. The normalized spacial score (nSPS) is 11.9. The van der Waals surface area contributed by atoms with Gasteiger partial charge in [-0.3, -0.25) is 14.4 Å². The number of hydrogen-bond acceptors (Lipinski definition) is 7. The van der Waals surface area contributed by atoms with Crippen molar-refractivity contribution in [1.82, 2.24) is 9.80 Å². The van der Waals surface area contributed by atoms with E-state index in [0.29, 0.717) is 31.7 Å². The fourth-order valence-corrected chi connectivity index (χ4v) is 6.54. The highest BCUT2D eigenvalue weighted by Crippen LogP contribution is 2.12. The van der Waals surface area contributed by atoms with Crippen molar-refractivity contribution in [2.24, 2.45) is 0 Å². The lowest BCUT2D eigenvalue weighted by Crippen LogP contribution is -2.35. The molecule has 8 heteroatoms. The van der Waals surface area contributed by atoms with Crippen molar-refractivity contribution in [3.63, 3.8) is 0 Å². The number of ether oxygens (including phenoxy) is 2. The number of nitrogens with zero attached hydrogens (tertiary/aromatic N) is 2. The summed E-state index contributed by atoms with van der Waals surface area (Å²) in [5.74, 6) is 0.237. The first-order chi connectivity index (χ1) is 25.9. The Bertz CT molecular complexity index is 914. The van der Waals surface area contributed by atoms with Gasteiger partial charge in [0.1, 0.15) is 13.2 Å². The Kier molecular flexibility index (Phi) is 39.1. The Balaban J connectivity index is 4.11. The predicted molar refractivity (Wildman–Crippen MR) is 229 cm³/mol. The van der Waals surface area contributed by atoms with Gasteiger partial charge >= 0.3 is 11.9 Å². The van der Waals surface area contributed by atoms with E-state index < -0.39 is 0 Å². The van der Waals surface area contributed by atoms with Crippen LogP contribution in [0, 0.1) is 0 Å². The van der Waals surface area contributed by atoms with Crippen LogP contribution in [0.25, 0.3) is 0 Å². The van der Waals surface area contributed by atoms with Gasteiger partial charge in [0.05, 0.1) is 13.1 Å². The van der Waals surface area contributed by atoms with Gasteiger partial charge in [-0.25, -0.2) is 0 Å². The van der Waals surface area contributed by atoms with E-state index in [-0.39, 0.29) is 30.4 Å². The minimum atomic E-state index is -0.216. The van der Waals surface area contributed by atoms with Gasteiger partial charge in [-0.1, -0.05) is 138 Å². The molecule has 0 aliphatic heterocycles. The number of carbonyl (C=O) groups is 3. The van der Waals surface area contributed by atoms with E-state index in [1.807, 2.05) is 19.0 Å². The first-order valence-corrected chi connectivity index (χ1v) is 22.4. The largest absolute Gasteiger partial charge is 0.464 e. The smallest absolute Gasteiger partial charge is 0.305 e. The van der Waals surface area contributed by atoms with Crippen molar-refractivity contribution in [1.29, 1.82) is 0 Å². The molecule has 0 saturated carbocycles. The first kappa shape index (κ1) is 50.7. The Morgan fingerprint density at radius 2 is 0.868 bits per heavy atom. The number of allylic oxidation sites excluding steroid dienone is 8. The van der Waals surface area contributed by atoms with E-state index in [4.69, 9.17) is 9.47 Å². The lowest BCUT2D eigenvalue weighted by molar-refractivity contribution is -0.144. The van der Waals surface area contributed by atoms with Crippen LogP contribution >= 0.6 is 11.8 Å². The number of carbonyl (C=O) groups excluding carboxylic acids is 3. The van der Waals surface area contributed by atoms with Gasteiger partial charge in [-0.2, -0.15) is 0 Å². The van der Waals surface area contributed by atoms with Crippen molar-refractivity contribution in [3.05, 3.63) is 48.6 Å². The molecule has 0 unspecified atom stereocenters. The SMILES string of the molecule is CCCCC/C=C\C/C=C\CCCCCCCC(=O)OCCN(CCOC(=O)CCCCCCC/C=C\C/C=C\CCCCC)C(=O)SCCN(C)C. The summed E-state index contributed by atoms with van der Waals surface area (Å²) in [6.07, 6.45) is 44.1. The van der Waals surface area contributed by atoms with E-state index in [9.17, 15) is 14.4 Å². The van der Waals surface area contributed by atoms with Gasteiger partial charge in [-0.15, -0.1) is 0 Å². The highest BCUT2D eigenvalue weighted by molar-refractivity contribution is 8.13. The van der Waals surface area contributed by atoms with Crippen molar-refractivity contribution in [3.8, 4) is 0 Å². The molecule has 0 aliphatic carbocycles. The molecule has 0 radical (unpaired) electrons. The first-order valence-electron chi connectivity index (χ1n) is 21.4. The van der Waals surface area contributed by atoms with Gasteiger partial charge in [0.25, 0.3) is 5.24 Å². The highest BCUT2D eigenvalue weighted by atomic mass is 32.2. The highest BCUT2D eigenvalue weighted by Gasteiger charge is 2.16. The zero-order chi connectivity index (χ0) is 38.9. The topological polar surface area (TPSA) is 76.1 Å². The fraction of sp³-hybridized carbons (Fsp3) is 0.756. The van der Waals surface area contributed by atoms with Crippen molar-refractivity contribution < 1.29 is 23.9 Å². The molecule has 53 heavy (non-hydrogen) atoms. The number of thioether (sulfide) groups is 1. The van der Waals surface area contributed by atoms with Crippen molar-refractivity contribution >= 4 is 28.9 Å². The lowest BCUT2D eigenvalue weighted by Gasteiger charge is -2.22. The Morgan fingerprint density at radius 1 is 0.491 bits per heavy atom. The maximum atomic E-state index is 12.9. The van der Waals surface area contributed by atoms with Crippen LogP contribution in [-0.4, -0.2) is 79.7 Å². The molecule has 0 spiro atoms. The number of esters is 2. The summed E-state index contributed by atoms with van der Waals surface area (Å²) >= 11 is 1.25. The minimum Gasteiger partial charge on any atom is -0.464 e. The molecule has 0 atom stereocenters. The second kappa shape index (κ2) is 40.9. The second-order valence-electron chi connectivity index (χ2n) is 14.3. The quantitative estimate of drug-likeness (QED) is 0.0354. The summed E-state index contributed by atoms with van der Waals surface area (Å²) in [6, 6.07) is 0. The van der Waals surface area contributed by atoms with E-state index in [2.05, 4.69) is 62.5 Å². The molecule has 306 valence electrons. The van der Waals surface area contributed by atoms with Crippen LogP contribution < -0.4 is 0 Å². The van der Waals surface area contributed by atoms with E-state index in [0.717, 1.165) is 70.8 Å². The number of rotatable bonds is 37. The van der Waals surface area contributed by atoms with Gasteiger partial charge in [-0.05, 0) is 91.1 Å². The Morgan fingerprint density at radius 3 is 1.26 bits per heavy atom. The second-order valence-corrected chi connectivity index (χ2v) is 15.4. The summed E-state index contributed by atoms with van der Waals surface area (Å²) in [7, 11) is 3.95. The van der Waals surface area contributed by atoms with Crippen LogP contribution in [0.1, 0.15) is 168 Å². The number of unbranched alkanes of at least 4 members (excludes halogenated alkanes) is 16. The third-order valence-corrected chi connectivity index (χ3v) is 9.83. The third-order valence-electron chi connectivity index (χ3n) is 8.93. The molecule has 0 heterocycles.